The molecular formula is C24H26O5. The van der Waals surface area contributed by atoms with Crippen molar-refractivity contribution in [3.63, 3.8) is 0 Å². The molecule has 0 spiro atoms. The van der Waals surface area contributed by atoms with Gasteiger partial charge in [-0.2, -0.15) is 0 Å². The van der Waals surface area contributed by atoms with Crippen LogP contribution in [0.2, 0.25) is 0 Å². The Labute approximate surface area is 170 Å². The van der Waals surface area contributed by atoms with Crippen LogP contribution in [0.5, 0.6) is 5.75 Å². The van der Waals surface area contributed by atoms with E-state index in [0.29, 0.717) is 17.7 Å². The van der Waals surface area contributed by atoms with Crippen molar-refractivity contribution in [2.24, 2.45) is 22.7 Å². The fraction of sp³-hybridized carbons (Fsp3) is 0.375. The lowest BCUT2D eigenvalue weighted by molar-refractivity contribution is -0.147. The third-order valence-corrected chi connectivity index (χ3v) is 6.61. The number of carbonyl (C=O) groups is 3. The van der Waals surface area contributed by atoms with E-state index in [9.17, 15) is 19.5 Å². The van der Waals surface area contributed by atoms with Gasteiger partial charge in [-0.3, -0.25) is 9.59 Å². The zero-order valence-corrected chi connectivity index (χ0v) is 17.0. The zero-order chi connectivity index (χ0) is 21.4. The second-order valence-electron chi connectivity index (χ2n) is 8.30. The SMILES string of the molecule is C=CCC1=C(C)C([C@@]2(C(=O)O)[C@H](C=CC(=O)Oc3ccccc3)C2(C)C)CC1=O. The number of esters is 1. The van der Waals surface area contributed by atoms with Crippen LogP contribution in [0.4, 0.5) is 0 Å². The largest absolute Gasteiger partial charge is 0.481 e. The van der Waals surface area contributed by atoms with Gasteiger partial charge in [0.15, 0.2) is 5.78 Å². The lowest BCUT2D eigenvalue weighted by Crippen LogP contribution is -2.31. The second kappa shape index (κ2) is 7.47. The predicted octanol–water partition coefficient (Wildman–Crippen LogP) is 4.36. The summed E-state index contributed by atoms with van der Waals surface area (Å²) in [4.78, 5) is 37.1. The second-order valence-corrected chi connectivity index (χ2v) is 8.30. The molecule has 0 heterocycles. The van der Waals surface area contributed by atoms with E-state index in [2.05, 4.69) is 6.58 Å². The molecule has 1 saturated carbocycles. The van der Waals surface area contributed by atoms with Gasteiger partial charge in [-0.05, 0) is 36.5 Å². The summed E-state index contributed by atoms with van der Waals surface area (Å²) in [5.74, 6) is -1.85. The highest BCUT2D eigenvalue weighted by Gasteiger charge is 2.78. The van der Waals surface area contributed by atoms with E-state index in [1.807, 2.05) is 26.8 Å². The standard InChI is InChI=1S/C24H26O5/c1-5-9-17-15(2)18(14-19(17)25)24(22(27)28)20(23(24,3)4)12-13-21(26)29-16-10-7-6-8-11-16/h5-8,10-13,18,20H,1,9,14H2,2-4H3,(H,27,28)/t18?,20-,24+/m1/s1. The van der Waals surface area contributed by atoms with Crippen LogP contribution in [0.3, 0.4) is 0 Å². The van der Waals surface area contributed by atoms with Crippen LogP contribution in [0, 0.1) is 22.7 Å². The lowest BCUT2D eigenvalue weighted by Gasteiger charge is -2.24. The van der Waals surface area contributed by atoms with E-state index in [1.54, 1.807) is 36.4 Å². The summed E-state index contributed by atoms with van der Waals surface area (Å²) in [5, 5.41) is 10.2. The van der Waals surface area contributed by atoms with Crippen LogP contribution in [0.1, 0.15) is 33.6 Å². The van der Waals surface area contributed by atoms with Crippen LogP contribution in [0.25, 0.3) is 0 Å². The first-order valence-corrected chi connectivity index (χ1v) is 9.70. The number of para-hydroxylation sites is 1. The van der Waals surface area contributed by atoms with Gasteiger partial charge in [-0.1, -0.05) is 49.8 Å². The summed E-state index contributed by atoms with van der Waals surface area (Å²) in [6, 6.07) is 8.69. The summed E-state index contributed by atoms with van der Waals surface area (Å²) in [6.45, 7) is 9.29. The van der Waals surface area contributed by atoms with Crippen LogP contribution in [-0.4, -0.2) is 22.8 Å². The number of Topliss-reactive ketones (excluding diaryl/α,β-unsaturated/α-hetero) is 1. The Morgan fingerprint density at radius 2 is 1.93 bits per heavy atom. The molecule has 0 aromatic heterocycles. The Bertz CT molecular complexity index is 922. The molecule has 1 unspecified atom stereocenters. The molecule has 1 fully saturated rings. The quantitative estimate of drug-likeness (QED) is 0.322. The lowest BCUT2D eigenvalue weighted by atomic mass is 9.78. The maximum atomic E-state index is 12.5. The molecule has 0 bridgehead atoms. The molecule has 1 aromatic carbocycles. The van der Waals surface area contributed by atoms with Crippen LogP contribution >= 0.6 is 0 Å². The molecule has 0 saturated heterocycles. The number of allylic oxidation sites excluding steroid dienone is 4. The Kier molecular flexibility index (Phi) is 5.35. The highest BCUT2D eigenvalue weighted by molar-refractivity contribution is 6.01. The van der Waals surface area contributed by atoms with Gasteiger partial charge >= 0.3 is 11.9 Å². The van der Waals surface area contributed by atoms with E-state index >= 15 is 0 Å². The summed E-state index contributed by atoms with van der Waals surface area (Å²) in [5.41, 5.74) is -0.232. The van der Waals surface area contributed by atoms with Gasteiger partial charge in [0.1, 0.15) is 5.75 Å². The average molecular weight is 394 g/mol. The van der Waals surface area contributed by atoms with Gasteiger partial charge < -0.3 is 9.84 Å². The summed E-state index contributed by atoms with van der Waals surface area (Å²) in [7, 11) is 0. The molecule has 29 heavy (non-hydrogen) atoms. The molecule has 0 radical (unpaired) electrons. The highest BCUT2D eigenvalue weighted by Crippen LogP contribution is 2.75. The van der Waals surface area contributed by atoms with Crippen LogP contribution in [0.15, 0.2) is 66.3 Å². The van der Waals surface area contributed by atoms with Gasteiger partial charge in [0.05, 0.1) is 5.41 Å². The minimum atomic E-state index is -1.13. The molecule has 0 aliphatic heterocycles. The molecule has 3 rings (SSSR count). The molecular weight excluding hydrogens is 368 g/mol. The molecule has 0 amide bonds. The maximum absolute atomic E-state index is 12.5. The number of hydrogen-bond acceptors (Lipinski definition) is 4. The van der Waals surface area contributed by atoms with Crippen LogP contribution < -0.4 is 4.74 Å². The minimum Gasteiger partial charge on any atom is -0.481 e. The van der Waals surface area contributed by atoms with E-state index in [-0.39, 0.29) is 18.1 Å². The molecule has 5 heteroatoms. The van der Waals surface area contributed by atoms with E-state index in [0.717, 1.165) is 5.57 Å². The van der Waals surface area contributed by atoms with Crippen molar-refractivity contribution in [3.05, 3.63) is 66.3 Å². The molecule has 3 atom stereocenters. The first kappa shape index (κ1) is 20.8. The molecule has 2 aliphatic carbocycles. The minimum absolute atomic E-state index is 0.0121. The Morgan fingerprint density at radius 3 is 2.52 bits per heavy atom. The van der Waals surface area contributed by atoms with Crippen molar-refractivity contribution in [1.29, 1.82) is 0 Å². The third kappa shape index (κ3) is 3.24. The first-order chi connectivity index (χ1) is 13.7. The predicted molar refractivity (Wildman–Crippen MR) is 109 cm³/mol. The average Bonchev–Trinajstić information content (AvgIpc) is 3.04. The summed E-state index contributed by atoms with van der Waals surface area (Å²) < 4.78 is 5.25. The van der Waals surface area contributed by atoms with Gasteiger partial charge in [0, 0.05) is 24.3 Å². The normalized spacial score (nSPS) is 27.9. The molecule has 5 nitrogen and oxygen atoms in total. The Balaban J connectivity index is 1.86. The topological polar surface area (TPSA) is 80.7 Å². The number of carboxylic acid groups (broad SMARTS) is 1. The van der Waals surface area contributed by atoms with Crippen molar-refractivity contribution in [2.75, 3.05) is 0 Å². The smallest absolute Gasteiger partial charge is 0.335 e. The van der Waals surface area contributed by atoms with E-state index in [4.69, 9.17) is 4.74 Å². The maximum Gasteiger partial charge on any atom is 0.335 e. The van der Waals surface area contributed by atoms with Gasteiger partial charge in [0.2, 0.25) is 0 Å². The highest BCUT2D eigenvalue weighted by atomic mass is 16.5. The first-order valence-electron chi connectivity index (χ1n) is 9.70. The fourth-order valence-electron chi connectivity index (χ4n) is 5.08. The third-order valence-electron chi connectivity index (χ3n) is 6.61. The van der Waals surface area contributed by atoms with E-state index in [1.165, 1.54) is 6.08 Å². The summed E-state index contributed by atoms with van der Waals surface area (Å²) >= 11 is 0. The van der Waals surface area contributed by atoms with Gasteiger partial charge in [0.25, 0.3) is 0 Å². The van der Waals surface area contributed by atoms with Gasteiger partial charge in [-0.25, -0.2) is 4.79 Å². The number of benzene rings is 1. The molecule has 152 valence electrons. The molecule has 2 aliphatic rings. The number of hydrogen-bond donors (Lipinski definition) is 1. The number of rotatable bonds is 7. The molecule has 1 N–H and O–H groups in total. The summed E-state index contributed by atoms with van der Waals surface area (Å²) in [6.07, 6.45) is 5.22. The number of carboxylic acids is 1. The Morgan fingerprint density at radius 1 is 1.28 bits per heavy atom. The van der Waals surface area contributed by atoms with Gasteiger partial charge in [-0.15, -0.1) is 6.58 Å². The number of ketones is 1. The van der Waals surface area contributed by atoms with E-state index < -0.39 is 28.7 Å². The van der Waals surface area contributed by atoms with Crippen LogP contribution in [-0.2, 0) is 14.4 Å². The molecule has 1 aromatic rings. The fourth-order valence-corrected chi connectivity index (χ4v) is 5.08. The zero-order valence-electron chi connectivity index (χ0n) is 17.0. The van der Waals surface area contributed by atoms with Crippen molar-refractivity contribution in [1.82, 2.24) is 0 Å². The number of carbonyl (C=O) groups excluding carboxylic acids is 2. The van der Waals surface area contributed by atoms with Crippen molar-refractivity contribution in [2.45, 2.75) is 33.6 Å². The van der Waals surface area contributed by atoms with Crippen molar-refractivity contribution < 1.29 is 24.2 Å². The number of ether oxygens (including phenoxy) is 1. The number of aliphatic carboxylic acids is 1. The van der Waals surface area contributed by atoms with Crippen molar-refractivity contribution >= 4 is 17.7 Å². The Hall–Kier alpha value is -2.95. The van der Waals surface area contributed by atoms with Crippen molar-refractivity contribution in [3.8, 4) is 5.75 Å². The monoisotopic (exact) mass is 394 g/mol.